The van der Waals surface area contributed by atoms with Crippen molar-refractivity contribution in [2.24, 2.45) is 0 Å². The molecule has 0 heterocycles. The van der Waals surface area contributed by atoms with Crippen molar-refractivity contribution in [2.75, 3.05) is 13.2 Å². The Kier molecular flexibility index (Phi) is 45.4. The van der Waals surface area contributed by atoms with Gasteiger partial charge in [-0.25, -0.2) is 0 Å². The zero-order valence-electron chi connectivity index (χ0n) is 38.6. The smallest absolute Gasteiger partial charge is 0.306 e. The van der Waals surface area contributed by atoms with Crippen LogP contribution in [-0.4, -0.2) is 37.2 Å². The van der Waals surface area contributed by atoms with E-state index >= 15 is 0 Å². The van der Waals surface area contributed by atoms with Crippen LogP contribution in [0.15, 0.2) is 36.5 Å². The number of allylic oxidation sites excluding steroid dienone is 6. The molecule has 0 amide bonds. The molecule has 0 fully saturated rings. The summed E-state index contributed by atoms with van der Waals surface area (Å²) in [5, 5.41) is 0. The fraction of sp³-hybridized carbons (Fsp3) is 0.827. The fourth-order valence-corrected chi connectivity index (χ4v) is 7.05. The van der Waals surface area contributed by atoms with Crippen LogP contribution in [0.25, 0.3) is 0 Å². The Morgan fingerprint density at radius 2 is 0.621 bits per heavy atom. The summed E-state index contributed by atoms with van der Waals surface area (Å²) in [6.45, 7) is 6.53. The molecule has 0 aromatic carbocycles. The zero-order chi connectivity index (χ0) is 42.3. The van der Waals surface area contributed by atoms with E-state index in [0.29, 0.717) is 19.3 Å². The van der Waals surface area contributed by atoms with Crippen molar-refractivity contribution in [1.82, 2.24) is 0 Å². The Hall–Kier alpha value is -2.37. The van der Waals surface area contributed by atoms with Gasteiger partial charge in [-0.3, -0.25) is 14.4 Å². The van der Waals surface area contributed by atoms with Crippen LogP contribution in [0.2, 0.25) is 0 Å². The van der Waals surface area contributed by atoms with Crippen molar-refractivity contribution in [3.63, 3.8) is 0 Å². The first kappa shape index (κ1) is 55.6. The molecular formula is C52H94O6. The van der Waals surface area contributed by atoms with E-state index in [0.717, 1.165) is 77.0 Å². The molecule has 1 atom stereocenters. The van der Waals surface area contributed by atoms with Gasteiger partial charge in [-0.2, -0.15) is 0 Å². The molecule has 0 aliphatic rings. The number of carbonyl (C=O) groups is 3. The van der Waals surface area contributed by atoms with Crippen LogP contribution >= 0.6 is 0 Å². The summed E-state index contributed by atoms with van der Waals surface area (Å²) < 4.78 is 16.6. The summed E-state index contributed by atoms with van der Waals surface area (Å²) in [6.07, 6.45) is 54.4. The van der Waals surface area contributed by atoms with Crippen LogP contribution in [-0.2, 0) is 28.6 Å². The first-order valence-corrected chi connectivity index (χ1v) is 25.0. The first-order valence-electron chi connectivity index (χ1n) is 25.0. The summed E-state index contributed by atoms with van der Waals surface area (Å²) in [7, 11) is 0. The SMILES string of the molecule is CCCCC/C=C\C/C=C\CCCCCCCCCC(=O)OC(COC(=O)CCCCCCC)COC(=O)CCCCCCCCC/C=C\CCCCCCCCC. The molecule has 0 N–H and O–H groups in total. The molecule has 0 aromatic heterocycles. The monoisotopic (exact) mass is 815 g/mol. The van der Waals surface area contributed by atoms with Gasteiger partial charge < -0.3 is 14.2 Å². The molecule has 0 aromatic rings. The first-order chi connectivity index (χ1) is 28.5. The molecule has 6 nitrogen and oxygen atoms in total. The number of ether oxygens (including phenoxy) is 3. The third kappa shape index (κ3) is 44.7. The zero-order valence-corrected chi connectivity index (χ0v) is 38.6. The summed E-state index contributed by atoms with van der Waals surface area (Å²) in [6, 6.07) is 0. The lowest BCUT2D eigenvalue weighted by atomic mass is 10.1. The number of unbranched alkanes of at least 4 members (excludes halogenated alkanes) is 28. The third-order valence-corrected chi connectivity index (χ3v) is 10.9. The Morgan fingerprint density at radius 3 is 1.00 bits per heavy atom. The van der Waals surface area contributed by atoms with Gasteiger partial charge in [0.1, 0.15) is 13.2 Å². The Balaban J connectivity index is 4.18. The van der Waals surface area contributed by atoms with Crippen LogP contribution in [0.1, 0.15) is 258 Å². The number of hydrogen-bond donors (Lipinski definition) is 0. The second-order valence-corrected chi connectivity index (χ2v) is 16.7. The second kappa shape index (κ2) is 47.3. The lowest BCUT2D eigenvalue weighted by molar-refractivity contribution is -0.167. The Labute approximate surface area is 359 Å². The fourth-order valence-electron chi connectivity index (χ4n) is 7.05. The molecule has 58 heavy (non-hydrogen) atoms. The quantitative estimate of drug-likeness (QED) is 0.0264. The van der Waals surface area contributed by atoms with Gasteiger partial charge in [0.25, 0.3) is 0 Å². The van der Waals surface area contributed by atoms with E-state index in [1.54, 1.807) is 0 Å². The average Bonchev–Trinajstić information content (AvgIpc) is 3.22. The summed E-state index contributed by atoms with van der Waals surface area (Å²) in [4.78, 5) is 37.6. The van der Waals surface area contributed by atoms with E-state index in [-0.39, 0.29) is 31.1 Å². The van der Waals surface area contributed by atoms with Gasteiger partial charge in [0, 0.05) is 19.3 Å². The molecule has 0 saturated carbocycles. The van der Waals surface area contributed by atoms with Gasteiger partial charge in [0.05, 0.1) is 0 Å². The second-order valence-electron chi connectivity index (χ2n) is 16.7. The van der Waals surface area contributed by atoms with Crippen molar-refractivity contribution < 1.29 is 28.6 Å². The van der Waals surface area contributed by atoms with Gasteiger partial charge in [0.15, 0.2) is 6.10 Å². The number of hydrogen-bond acceptors (Lipinski definition) is 6. The topological polar surface area (TPSA) is 78.9 Å². The average molecular weight is 815 g/mol. The maximum atomic E-state index is 12.7. The lowest BCUT2D eigenvalue weighted by Crippen LogP contribution is -2.30. The summed E-state index contributed by atoms with van der Waals surface area (Å²) in [5.74, 6) is -0.896. The van der Waals surface area contributed by atoms with E-state index in [2.05, 4.69) is 57.2 Å². The molecule has 338 valence electrons. The van der Waals surface area contributed by atoms with E-state index < -0.39 is 6.10 Å². The van der Waals surface area contributed by atoms with Crippen molar-refractivity contribution in [3.05, 3.63) is 36.5 Å². The predicted octanol–water partition coefficient (Wildman–Crippen LogP) is 16.1. The number of esters is 3. The minimum atomic E-state index is -0.772. The number of rotatable bonds is 45. The Bertz CT molecular complexity index is 984. The highest BCUT2D eigenvalue weighted by molar-refractivity contribution is 5.71. The maximum Gasteiger partial charge on any atom is 0.306 e. The van der Waals surface area contributed by atoms with E-state index in [1.807, 2.05) is 0 Å². The van der Waals surface area contributed by atoms with Gasteiger partial charge in [-0.15, -0.1) is 0 Å². The molecule has 6 heteroatoms. The highest BCUT2D eigenvalue weighted by Gasteiger charge is 2.19. The van der Waals surface area contributed by atoms with Gasteiger partial charge >= 0.3 is 17.9 Å². The van der Waals surface area contributed by atoms with E-state index in [9.17, 15) is 14.4 Å². The standard InChI is InChI=1S/C52H94O6/c1-4-7-10-13-15-17-19-21-23-25-27-28-30-32-34-36-39-42-45-51(54)57-48-49(47-56-50(53)44-41-38-12-9-6-3)58-52(55)46-43-40-37-35-33-31-29-26-24-22-20-18-16-14-11-8-5-2/h16,18,22-25,49H,4-15,17,19-21,26-48H2,1-3H3/b18-16-,24-22-,25-23-. The Morgan fingerprint density at radius 1 is 0.345 bits per heavy atom. The van der Waals surface area contributed by atoms with Gasteiger partial charge in [-0.05, 0) is 77.0 Å². The van der Waals surface area contributed by atoms with Crippen LogP contribution < -0.4 is 0 Å². The van der Waals surface area contributed by atoms with Crippen LogP contribution in [0.3, 0.4) is 0 Å². The highest BCUT2D eigenvalue weighted by Crippen LogP contribution is 2.14. The molecule has 0 rings (SSSR count). The van der Waals surface area contributed by atoms with Gasteiger partial charge in [0.2, 0.25) is 0 Å². The summed E-state index contributed by atoms with van der Waals surface area (Å²) >= 11 is 0. The minimum Gasteiger partial charge on any atom is -0.462 e. The molecule has 0 spiro atoms. The molecule has 0 bridgehead atoms. The van der Waals surface area contributed by atoms with Crippen LogP contribution in [0.5, 0.6) is 0 Å². The number of carbonyl (C=O) groups excluding carboxylic acids is 3. The van der Waals surface area contributed by atoms with Gasteiger partial charge in [-0.1, -0.05) is 198 Å². The molecule has 0 saturated heterocycles. The maximum absolute atomic E-state index is 12.7. The molecule has 1 unspecified atom stereocenters. The van der Waals surface area contributed by atoms with Crippen molar-refractivity contribution >= 4 is 17.9 Å². The van der Waals surface area contributed by atoms with Crippen LogP contribution in [0.4, 0.5) is 0 Å². The predicted molar refractivity (Wildman–Crippen MR) is 247 cm³/mol. The molecule has 0 radical (unpaired) electrons. The van der Waals surface area contributed by atoms with Crippen molar-refractivity contribution in [3.8, 4) is 0 Å². The van der Waals surface area contributed by atoms with Crippen LogP contribution in [0, 0.1) is 0 Å². The summed E-state index contributed by atoms with van der Waals surface area (Å²) in [5.41, 5.74) is 0. The van der Waals surface area contributed by atoms with Crippen molar-refractivity contribution in [2.45, 2.75) is 264 Å². The van der Waals surface area contributed by atoms with E-state index in [1.165, 1.54) is 141 Å². The highest BCUT2D eigenvalue weighted by atomic mass is 16.6. The normalized spacial score (nSPS) is 12.3. The molecular weight excluding hydrogens is 721 g/mol. The van der Waals surface area contributed by atoms with Crippen molar-refractivity contribution in [1.29, 1.82) is 0 Å². The van der Waals surface area contributed by atoms with E-state index in [4.69, 9.17) is 14.2 Å². The third-order valence-electron chi connectivity index (χ3n) is 10.9. The lowest BCUT2D eigenvalue weighted by Gasteiger charge is -2.18. The molecule has 0 aliphatic heterocycles. The minimum absolute atomic E-state index is 0.0766. The largest absolute Gasteiger partial charge is 0.462 e. The molecule has 0 aliphatic carbocycles.